The first-order chi connectivity index (χ1) is 26.7. The SMILES string of the molecule is O=c1c2ccccc2c2c(-c3ccc4c(c3)c3ccccc3n4-c3nc(-c4ccccc4)nc(-c4ccccc4)n3)ccc3nc(-c4ccccc4)n1c32. The molecule has 0 aliphatic carbocycles. The van der Waals surface area contributed by atoms with Gasteiger partial charge in [-0.05, 0) is 46.8 Å². The third-order valence-electron chi connectivity index (χ3n) is 10.4. The lowest BCUT2D eigenvalue weighted by Gasteiger charge is -2.13. The van der Waals surface area contributed by atoms with Crippen LogP contribution in [0.1, 0.15) is 0 Å². The number of aromatic nitrogens is 6. The van der Waals surface area contributed by atoms with Crippen LogP contribution in [0.2, 0.25) is 0 Å². The van der Waals surface area contributed by atoms with Crippen molar-refractivity contribution in [2.75, 3.05) is 0 Å². The van der Waals surface area contributed by atoms with Crippen molar-refractivity contribution >= 4 is 49.0 Å². The molecule has 11 rings (SSSR count). The van der Waals surface area contributed by atoms with Crippen molar-refractivity contribution in [3.63, 3.8) is 0 Å². The molecule has 0 saturated carbocycles. The van der Waals surface area contributed by atoms with Crippen molar-refractivity contribution in [3.8, 4) is 51.2 Å². The number of rotatable bonds is 5. The van der Waals surface area contributed by atoms with Crippen LogP contribution in [0.5, 0.6) is 0 Å². The number of nitrogens with zero attached hydrogens (tertiary/aromatic N) is 6. The molecule has 7 heteroatoms. The Hall–Kier alpha value is -7.51. The second-order valence-corrected chi connectivity index (χ2v) is 13.4. The summed E-state index contributed by atoms with van der Waals surface area (Å²) in [7, 11) is 0. The van der Waals surface area contributed by atoms with Crippen LogP contribution in [0.25, 0.3) is 100 Å². The van der Waals surface area contributed by atoms with E-state index in [0.717, 1.165) is 71.4 Å². The maximum atomic E-state index is 14.2. The molecule has 0 N–H and O–H groups in total. The first kappa shape index (κ1) is 30.1. The summed E-state index contributed by atoms with van der Waals surface area (Å²) in [4.78, 5) is 34.3. The molecule has 0 amide bonds. The fourth-order valence-electron chi connectivity index (χ4n) is 7.92. The summed E-state index contributed by atoms with van der Waals surface area (Å²) >= 11 is 0. The average Bonchev–Trinajstić information content (AvgIpc) is 3.80. The van der Waals surface area contributed by atoms with E-state index in [0.29, 0.717) is 28.8 Å². The summed E-state index contributed by atoms with van der Waals surface area (Å²) < 4.78 is 3.93. The quantitative estimate of drug-likeness (QED) is 0.168. The molecule has 0 aliphatic rings. The molecule has 4 aromatic heterocycles. The highest BCUT2D eigenvalue weighted by Crippen LogP contribution is 2.40. The van der Waals surface area contributed by atoms with Gasteiger partial charge >= 0.3 is 0 Å². The van der Waals surface area contributed by atoms with Gasteiger partial charge in [-0.1, -0.05) is 140 Å². The van der Waals surface area contributed by atoms with Crippen molar-refractivity contribution in [2.24, 2.45) is 0 Å². The standard InChI is InChI=1S/C47H28N6O/c54-46-36-22-11-10-21-35(36)41-33(25-26-38-42(41)53(46)45(48-38)31-18-8-3-9-19-31)32-24-27-40-37(28-32)34-20-12-13-23-39(34)52(40)47-50-43(29-14-4-1-5-15-29)49-44(51-47)30-16-6-2-7-17-30/h1-28H. The van der Waals surface area contributed by atoms with E-state index >= 15 is 0 Å². The summed E-state index contributed by atoms with van der Waals surface area (Å²) in [6.07, 6.45) is 0. The van der Waals surface area contributed by atoms with Crippen LogP contribution in [-0.4, -0.2) is 28.9 Å². The largest absolute Gasteiger partial charge is 0.278 e. The summed E-state index contributed by atoms with van der Waals surface area (Å²) in [5, 5.41) is 4.71. The molecule has 7 nitrogen and oxygen atoms in total. The van der Waals surface area contributed by atoms with Gasteiger partial charge in [0.15, 0.2) is 11.6 Å². The number of para-hydroxylation sites is 1. The predicted octanol–water partition coefficient (Wildman–Crippen LogP) is 10.4. The first-order valence-electron chi connectivity index (χ1n) is 17.9. The Morgan fingerprint density at radius 1 is 0.426 bits per heavy atom. The summed E-state index contributed by atoms with van der Waals surface area (Å²) in [6.45, 7) is 0. The number of fused-ring (bicyclic) bond motifs is 5. The Bertz CT molecular complexity index is 3220. The minimum Gasteiger partial charge on any atom is -0.278 e. The lowest BCUT2D eigenvalue weighted by atomic mass is 9.95. The molecule has 54 heavy (non-hydrogen) atoms. The smallest absolute Gasteiger partial charge is 0.264 e. The number of benzene rings is 7. The van der Waals surface area contributed by atoms with Gasteiger partial charge in [0, 0.05) is 38.2 Å². The van der Waals surface area contributed by atoms with Crippen LogP contribution in [0.3, 0.4) is 0 Å². The van der Waals surface area contributed by atoms with E-state index in [1.807, 2.05) is 127 Å². The lowest BCUT2D eigenvalue weighted by molar-refractivity contribution is 0.953. The van der Waals surface area contributed by atoms with Crippen molar-refractivity contribution in [2.45, 2.75) is 0 Å². The van der Waals surface area contributed by atoms with Crippen LogP contribution in [-0.2, 0) is 0 Å². The second-order valence-electron chi connectivity index (χ2n) is 13.4. The number of hydrogen-bond acceptors (Lipinski definition) is 5. The number of hydrogen-bond donors (Lipinski definition) is 0. The van der Waals surface area contributed by atoms with Crippen LogP contribution in [0.4, 0.5) is 0 Å². The van der Waals surface area contributed by atoms with E-state index in [-0.39, 0.29) is 5.56 Å². The number of pyridine rings is 1. The molecular formula is C47H28N6O. The van der Waals surface area contributed by atoms with E-state index < -0.39 is 0 Å². The zero-order valence-electron chi connectivity index (χ0n) is 28.8. The molecule has 0 aliphatic heterocycles. The van der Waals surface area contributed by atoms with Gasteiger partial charge in [-0.15, -0.1) is 0 Å². The maximum absolute atomic E-state index is 14.2. The Labute approximate surface area is 308 Å². The molecule has 0 spiro atoms. The Morgan fingerprint density at radius 3 is 1.69 bits per heavy atom. The fourth-order valence-corrected chi connectivity index (χ4v) is 7.92. The molecule has 11 aromatic rings. The molecule has 7 aromatic carbocycles. The molecule has 0 saturated heterocycles. The van der Waals surface area contributed by atoms with Crippen molar-refractivity contribution in [1.29, 1.82) is 0 Å². The third-order valence-corrected chi connectivity index (χ3v) is 10.4. The lowest BCUT2D eigenvalue weighted by Crippen LogP contribution is -2.14. The molecule has 0 fully saturated rings. The Morgan fingerprint density at radius 2 is 1.00 bits per heavy atom. The Kier molecular flexibility index (Phi) is 6.57. The van der Waals surface area contributed by atoms with Crippen molar-refractivity contribution < 1.29 is 0 Å². The highest BCUT2D eigenvalue weighted by molar-refractivity contribution is 6.19. The fraction of sp³-hybridized carbons (Fsp3) is 0. The zero-order valence-corrected chi connectivity index (χ0v) is 28.8. The van der Waals surface area contributed by atoms with Gasteiger partial charge in [-0.2, -0.15) is 9.97 Å². The topological polar surface area (TPSA) is 78.0 Å². The highest BCUT2D eigenvalue weighted by Gasteiger charge is 2.23. The molecule has 0 atom stereocenters. The zero-order chi connectivity index (χ0) is 35.8. The third kappa shape index (κ3) is 4.52. The van der Waals surface area contributed by atoms with E-state index in [2.05, 4.69) is 47.0 Å². The molecular weight excluding hydrogens is 665 g/mol. The normalized spacial score (nSPS) is 11.8. The minimum atomic E-state index is -0.0720. The van der Waals surface area contributed by atoms with Gasteiger partial charge in [-0.25, -0.2) is 9.97 Å². The summed E-state index contributed by atoms with van der Waals surface area (Å²) in [6, 6.07) is 57.0. The van der Waals surface area contributed by atoms with Crippen LogP contribution in [0, 0.1) is 0 Å². The van der Waals surface area contributed by atoms with Crippen LogP contribution < -0.4 is 5.56 Å². The summed E-state index contributed by atoms with van der Waals surface area (Å²) in [5.74, 6) is 2.40. The van der Waals surface area contributed by atoms with Crippen molar-refractivity contribution in [3.05, 3.63) is 180 Å². The molecule has 252 valence electrons. The first-order valence-corrected chi connectivity index (χ1v) is 17.9. The van der Waals surface area contributed by atoms with Gasteiger partial charge in [0.2, 0.25) is 5.95 Å². The van der Waals surface area contributed by atoms with E-state index in [1.54, 1.807) is 4.40 Å². The molecule has 4 heterocycles. The average molecular weight is 693 g/mol. The van der Waals surface area contributed by atoms with Gasteiger partial charge in [-0.3, -0.25) is 13.8 Å². The second kappa shape index (κ2) is 11.8. The highest BCUT2D eigenvalue weighted by atomic mass is 16.1. The van der Waals surface area contributed by atoms with Crippen molar-refractivity contribution in [1.82, 2.24) is 28.9 Å². The van der Waals surface area contributed by atoms with Gasteiger partial charge in [0.05, 0.1) is 22.1 Å². The van der Waals surface area contributed by atoms with Gasteiger partial charge < -0.3 is 0 Å². The monoisotopic (exact) mass is 692 g/mol. The van der Waals surface area contributed by atoms with E-state index in [9.17, 15) is 4.79 Å². The van der Waals surface area contributed by atoms with Crippen LogP contribution in [0.15, 0.2) is 175 Å². The van der Waals surface area contributed by atoms with Gasteiger partial charge in [0.25, 0.3) is 5.56 Å². The van der Waals surface area contributed by atoms with Gasteiger partial charge in [0.1, 0.15) is 5.82 Å². The molecule has 0 radical (unpaired) electrons. The molecule has 0 bridgehead atoms. The molecule has 0 unspecified atom stereocenters. The maximum Gasteiger partial charge on any atom is 0.264 e. The van der Waals surface area contributed by atoms with Crippen LogP contribution >= 0.6 is 0 Å². The van der Waals surface area contributed by atoms with E-state index in [1.165, 1.54) is 0 Å². The Balaban J connectivity index is 1.18. The van der Waals surface area contributed by atoms with E-state index in [4.69, 9.17) is 19.9 Å². The number of imidazole rings is 1. The summed E-state index contributed by atoms with van der Waals surface area (Å²) in [5.41, 5.74) is 8.29. The predicted molar refractivity (Wildman–Crippen MR) is 217 cm³/mol. The minimum absolute atomic E-state index is 0.0720.